The standard InChI is InChI=1S/C26H27NO5/c1-17(15-25(29)27-11-13-30-14-12-27)21-9-10-23(26-22(21)16-24(32-26)18(2)28)31-19(3)20-7-5-4-6-8-20/h4-10,15-16,19H,11-14H2,1-3H3/b17-15-. The minimum atomic E-state index is -0.198. The molecular weight excluding hydrogens is 406 g/mol. The van der Waals surface area contributed by atoms with E-state index in [2.05, 4.69) is 0 Å². The molecule has 1 atom stereocenters. The van der Waals surface area contributed by atoms with Crippen molar-refractivity contribution in [1.29, 1.82) is 0 Å². The number of hydrogen-bond donors (Lipinski definition) is 0. The van der Waals surface area contributed by atoms with Gasteiger partial charge in [0.25, 0.3) is 0 Å². The molecule has 1 amide bonds. The molecule has 1 unspecified atom stereocenters. The Morgan fingerprint density at radius 1 is 1.06 bits per heavy atom. The summed E-state index contributed by atoms with van der Waals surface area (Å²) in [7, 11) is 0. The Bertz CT molecular complexity index is 1160. The van der Waals surface area contributed by atoms with E-state index in [0.717, 1.165) is 22.1 Å². The summed E-state index contributed by atoms with van der Waals surface area (Å²) < 4.78 is 17.4. The molecule has 0 radical (unpaired) electrons. The van der Waals surface area contributed by atoms with E-state index in [4.69, 9.17) is 13.9 Å². The van der Waals surface area contributed by atoms with Gasteiger partial charge in [0, 0.05) is 31.5 Å². The van der Waals surface area contributed by atoms with Gasteiger partial charge in [0.2, 0.25) is 5.91 Å². The summed E-state index contributed by atoms with van der Waals surface area (Å²) in [6.45, 7) is 7.60. The number of ether oxygens (including phenoxy) is 2. The van der Waals surface area contributed by atoms with E-state index in [1.54, 1.807) is 17.0 Å². The number of benzene rings is 2. The second kappa shape index (κ2) is 9.40. The van der Waals surface area contributed by atoms with Crippen molar-refractivity contribution in [3.05, 3.63) is 71.5 Å². The van der Waals surface area contributed by atoms with Crippen molar-refractivity contribution in [2.24, 2.45) is 0 Å². The highest BCUT2D eigenvalue weighted by molar-refractivity contribution is 6.03. The Morgan fingerprint density at radius 2 is 1.78 bits per heavy atom. The Hall–Kier alpha value is -3.38. The number of nitrogens with zero attached hydrogens (tertiary/aromatic N) is 1. The number of rotatable bonds is 6. The van der Waals surface area contributed by atoms with E-state index < -0.39 is 0 Å². The zero-order valence-electron chi connectivity index (χ0n) is 18.6. The largest absolute Gasteiger partial charge is 0.482 e. The van der Waals surface area contributed by atoms with Crippen molar-refractivity contribution < 1.29 is 23.5 Å². The van der Waals surface area contributed by atoms with Crippen LogP contribution in [0.2, 0.25) is 0 Å². The number of hydrogen-bond acceptors (Lipinski definition) is 5. The van der Waals surface area contributed by atoms with Crippen molar-refractivity contribution in [2.75, 3.05) is 26.3 Å². The molecule has 1 aromatic heterocycles. The molecule has 6 heteroatoms. The second-order valence-corrected chi connectivity index (χ2v) is 7.96. The van der Waals surface area contributed by atoms with Crippen LogP contribution < -0.4 is 4.74 Å². The number of allylic oxidation sites excluding steroid dienone is 1. The number of carbonyl (C=O) groups excluding carboxylic acids is 2. The van der Waals surface area contributed by atoms with Crippen LogP contribution in [0, 0.1) is 0 Å². The third-order valence-corrected chi connectivity index (χ3v) is 5.65. The number of Topliss-reactive ketones (excluding diaryl/α,β-unsaturated/α-hetero) is 1. The van der Waals surface area contributed by atoms with Gasteiger partial charge < -0.3 is 18.8 Å². The summed E-state index contributed by atoms with van der Waals surface area (Å²) >= 11 is 0. The molecule has 6 nitrogen and oxygen atoms in total. The van der Waals surface area contributed by atoms with Crippen molar-refractivity contribution in [3.63, 3.8) is 0 Å². The van der Waals surface area contributed by atoms with E-state index in [9.17, 15) is 9.59 Å². The van der Waals surface area contributed by atoms with Gasteiger partial charge in [-0.2, -0.15) is 0 Å². The van der Waals surface area contributed by atoms with Gasteiger partial charge in [-0.05, 0) is 42.7 Å². The van der Waals surface area contributed by atoms with Crippen molar-refractivity contribution in [2.45, 2.75) is 26.9 Å². The first-order chi connectivity index (χ1) is 15.4. The van der Waals surface area contributed by atoms with Gasteiger partial charge in [0.15, 0.2) is 22.9 Å². The lowest BCUT2D eigenvalue weighted by atomic mass is 10.0. The SMILES string of the molecule is CC(=O)c1cc2c(/C(C)=C\C(=O)N3CCOCC3)ccc(OC(C)c3ccccc3)c2o1. The van der Waals surface area contributed by atoms with Crippen LogP contribution in [0.5, 0.6) is 5.75 Å². The summed E-state index contributed by atoms with van der Waals surface area (Å²) in [5.41, 5.74) is 3.17. The van der Waals surface area contributed by atoms with E-state index in [0.29, 0.717) is 37.6 Å². The first-order valence-corrected chi connectivity index (χ1v) is 10.8. The first-order valence-electron chi connectivity index (χ1n) is 10.8. The molecule has 1 fully saturated rings. The summed E-state index contributed by atoms with van der Waals surface area (Å²) in [4.78, 5) is 26.5. The average Bonchev–Trinajstić information content (AvgIpc) is 3.26. The number of ketones is 1. The Balaban J connectivity index is 1.69. The molecule has 2 aromatic carbocycles. The highest BCUT2D eigenvalue weighted by Crippen LogP contribution is 2.37. The van der Waals surface area contributed by atoms with Crippen LogP contribution in [-0.4, -0.2) is 42.9 Å². The summed E-state index contributed by atoms with van der Waals surface area (Å²) in [6.07, 6.45) is 1.43. The normalized spacial score (nSPS) is 15.6. The fourth-order valence-corrected chi connectivity index (χ4v) is 3.83. The van der Waals surface area contributed by atoms with E-state index in [1.807, 2.05) is 56.3 Å². The van der Waals surface area contributed by atoms with Crippen molar-refractivity contribution in [1.82, 2.24) is 4.90 Å². The Labute approximate surface area is 187 Å². The number of carbonyl (C=O) groups is 2. The molecule has 32 heavy (non-hydrogen) atoms. The van der Waals surface area contributed by atoms with E-state index >= 15 is 0 Å². The third kappa shape index (κ3) is 4.60. The van der Waals surface area contributed by atoms with E-state index in [1.165, 1.54) is 6.92 Å². The molecule has 0 N–H and O–H groups in total. The van der Waals surface area contributed by atoms with Gasteiger partial charge in [-0.3, -0.25) is 9.59 Å². The van der Waals surface area contributed by atoms with Crippen molar-refractivity contribution in [3.8, 4) is 5.75 Å². The molecule has 1 saturated heterocycles. The molecular formula is C26H27NO5. The van der Waals surface area contributed by atoms with Crippen LogP contribution in [0.4, 0.5) is 0 Å². The van der Waals surface area contributed by atoms with Gasteiger partial charge in [0.05, 0.1) is 13.2 Å². The Kier molecular flexibility index (Phi) is 6.42. The lowest BCUT2D eigenvalue weighted by Crippen LogP contribution is -2.39. The van der Waals surface area contributed by atoms with Crippen LogP contribution in [0.1, 0.15) is 48.6 Å². The number of fused-ring (bicyclic) bond motifs is 1. The third-order valence-electron chi connectivity index (χ3n) is 5.65. The fraction of sp³-hybridized carbons (Fsp3) is 0.308. The predicted molar refractivity (Wildman–Crippen MR) is 123 cm³/mol. The van der Waals surface area contributed by atoms with Crippen LogP contribution in [0.25, 0.3) is 16.5 Å². The highest BCUT2D eigenvalue weighted by Gasteiger charge is 2.20. The number of morpholine rings is 1. The van der Waals surface area contributed by atoms with Gasteiger partial charge in [-0.1, -0.05) is 36.4 Å². The summed E-state index contributed by atoms with van der Waals surface area (Å²) in [6, 6.07) is 15.4. The molecule has 0 aliphatic carbocycles. The lowest BCUT2D eigenvalue weighted by Gasteiger charge is -2.25. The predicted octanol–water partition coefficient (Wildman–Crippen LogP) is 5.04. The van der Waals surface area contributed by atoms with Gasteiger partial charge >= 0.3 is 0 Å². The maximum absolute atomic E-state index is 12.7. The number of amides is 1. The quantitative estimate of drug-likeness (QED) is 0.402. The lowest BCUT2D eigenvalue weighted by molar-refractivity contribution is -0.129. The molecule has 1 aliphatic heterocycles. The van der Waals surface area contributed by atoms with Gasteiger partial charge in [0.1, 0.15) is 6.10 Å². The zero-order valence-corrected chi connectivity index (χ0v) is 18.6. The topological polar surface area (TPSA) is 69.0 Å². The van der Waals surface area contributed by atoms with Crippen LogP contribution >= 0.6 is 0 Å². The molecule has 3 aromatic rings. The zero-order chi connectivity index (χ0) is 22.7. The molecule has 1 aliphatic rings. The molecule has 2 heterocycles. The van der Waals surface area contributed by atoms with Crippen LogP contribution in [0.3, 0.4) is 0 Å². The fourth-order valence-electron chi connectivity index (χ4n) is 3.83. The monoisotopic (exact) mass is 433 g/mol. The average molecular weight is 434 g/mol. The maximum Gasteiger partial charge on any atom is 0.246 e. The highest BCUT2D eigenvalue weighted by atomic mass is 16.5. The molecule has 166 valence electrons. The van der Waals surface area contributed by atoms with Crippen LogP contribution in [-0.2, 0) is 9.53 Å². The van der Waals surface area contributed by atoms with Crippen LogP contribution in [0.15, 0.2) is 59.0 Å². The van der Waals surface area contributed by atoms with Gasteiger partial charge in [-0.15, -0.1) is 0 Å². The maximum atomic E-state index is 12.7. The van der Waals surface area contributed by atoms with E-state index in [-0.39, 0.29) is 23.6 Å². The molecule has 0 spiro atoms. The number of furan rings is 1. The molecule has 0 saturated carbocycles. The first kappa shape index (κ1) is 21.8. The van der Waals surface area contributed by atoms with Crippen molar-refractivity contribution >= 4 is 28.2 Å². The summed E-state index contributed by atoms with van der Waals surface area (Å²) in [5.74, 6) is 0.601. The molecule has 4 rings (SSSR count). The minimum Gasteiger partial charge on any atom is -0.482 e. The summed E-state index contributed by atoms with van der Waals surface area (Å²) in [5, 5.41) is 0.747. The van der Waals surface area contributed by atoms with Gasteiger partial charge in [-0.25, -0.2) is 0 Å². The minimum absolute atomic E-state index is 0.0488. The smallest absolute Gasteiger partial charge is 0.246 e. The molecule has 0 bridgehead atoms. The second-order valence-electron chi connectivity index (χ2n) is 7.96. The Morgan fingerprint density at radius 3 is 2.47 bits per heavy atom.